The zero-order valence-electron chi connectivity index (χ0n) is 4.87. The lowest BCUT2D eigenvalue weighted by atomic mass is 10.3. The topological polar surface area (TPSA) is 40.7 Å². The second kappa shape index (κ2) is 4.40. The van der Waals surface area contributed by atoms with E-state index in [1.807, 2.05) is 30.3 Å². The molecule has 0 saturated carbocycles. The third-order valence-electron chi connectivity index (χ3n) is 0.879. The second-order valence-corrected chi connectivity index (χ2v) is 1.67. The predicted octanol–water partition coefficient (Wildman–Crippen LogP) is 0.324. The van der Waals surface area contributed by atoms with Crippen molar-refractivity contribution in [3.63, 3.8) is 0 Å². The summed E-state index contributed by atoms with van der Waals surface area (Å²) in [5.74, 6) is 0.873. The van der Waals surface area contributed by atoms with Crippen molar-refractivity contribution in [1.29, 1.82) is 0 Å². The molecule has 0 saturated heterocycles. The van der Waals surface area contributed by atoms with E-state index in [0.717, 1.165) is 5.75 Å². The number of benzene rings is 1. The SMILES string of the molecule is O.[Al][O]c1ccccc1. The Balaban J connectivity index is 0.000000640. The molecule has 0 aliphatic carbocycles. The average Bonchev–Trinajstić information content (AvgIpc) is 1.90. The highest BCUT2D eigenvalue weighted by molar-refractivity contribution is 5.99. The van der Waals surface area contributed by atoms with Gasteiger partial charge in [-0.25, -0.2) is 0 Å². The first-order valence-corrected chi connectivity index (χ1v) is 2.82. The lowest BCUT2D eigenvalue weighted by Crippen LogP contribution is -1.81. The van der Waals surface area contributed by atoms with Crippen molar-refractivity contribution in [3.05, 3.63) is 30.3 Å². The van der Waals surface area contributed by atoms with E-state index in [1.54, 1.807) is 0 Å². The maximum atomic E-state index is 4.83. The Hall–Kier alpha value is -0.488. The van der Waals surface area contributed by atoms with Gasteiger partial charge in [0.1, 0.15) is 0 Å². The first kappa shape index (κ1) is 8.51. The van der Waals surface area contributed by atoms with Gasteiger partial charge in [-0.1, -0.05) is 18.2 Å². The van der Waals surface area contributed by atoms with Gasteiger partial charge in [0.2, 0.25) is 0 Å². The van der Waals surface area contributed by atoms with Gasteiger partial charge in [0, 0.05) is 0 Å². The van der Waals surface area contributed by atoms with Crippen LogP contribution in [0.25, 0.3) is 0 Å². The number of hydrogen-bond acceptors (Lipinski definition) is 1. The molecule has 2 nitrogen and oxygen atoms in total. The van der Waals surface area contributed by atoms with Crippen LogP contribution in [0.4, 0.5) is 0 Å². The van der Waals surface area contributed by atoms with Crippen LogP contribution in [-0.2, 0) is 0 Å². The van der Waals surface area contributed by atoms with Crippen molar-refractivity contribution in [1.82, 2.24) is 0 Å². The fourth-order valence-electron chi connectivity index (χ4n) is 0.499. The Morgan fingerprint density at radius 2 is 1.67 bits per heavy atom. The van der Waals surface area contributed by atoms with Gasteiger partial charge in [-0.3, -0.25) is 0 Å². The molecule has 3 heteroatoms. The Labute approximate surface area is 62.5 Å². The van der Waals surface area contributed by atoms with E-state index in [1.165, 1.54) is 0 Å². The third-order valence-corrected chi connectivity index (χ3v) is 1.15. The maximum Gasteiger partial charge on any atom is 0.482 e. The summed E-state index contributed by atoms with van der Waals surface area (Å²) in [7, 11) is 0. The summed E-state index contributed by atoms with van der Waals surface area (Å²) in [5.41, 5.74) is 0. The lowest BCUT2D eigenvalue weighted by Gasteiger charge is -1.97. The highest BCUT2D eigenvalue weighted by Gasteiger charge is 1.79. The molecule has 9 heavy (non-hydrogen) atoms. The molecular formula is C6H7AlO2. The normalized spacial score (nSPS) is 7.56. The summed E-state index contributed by atoms with van der Waals surface area (Å²) in [4.78, 5) is 0. The van der Waals surface area contributed by atoms with Crippen molar-refractivity contribution in [3.8, 4) is 5.75 Å². The van der Waals surface area contributed by atoms with Gasteiger partial charge in [0.05, 0.1) is 5.75 Å². The molecule has 0 heterocycles. The zero-order valence-corrected chi connectivity index (χ0v) is 6.03. The molecule has 0 fully saturated rings. The van der Waals surface area contributed by atoms with E-state index in [9.17, 15) is 0 Å². The van der Waals surface area contributed by atoms with Crippen molar-refractivity contribution >= 4 is 16.6 Å². The molecule has 1 aromatic carbocycles. The monoisotopic (exact) mass is 138 g/mol. The van der Waals surface area contributed by atoms with Crippen LogP contribution in [0.15, 0.2) is 30.3 Å². The standard InChI is InChI=1S/C6H6O.Al.H2O/c7-6-4-2-1-3-5-6;;/h1-5,7H;;1H2/q;+1;/p-1. The van der Waals surface area contributed by atoms with Gasteiger partial charge in [-0.2, -0.15) is 0 Å². The minimum Gasteiger partial charge on any atom is -0.654 e. The van der Waals surface area contributed by atoms with Crippen molar-refractivity contribution in [2.24, 2.45) is 0 Å². The smallest absolute Gasteiger partial charge is 0.482 e. The van der Waals surface area contributed by atoms with Crippen molar-refractivity contribution < 1.29 is 9.26 Å². The Kier molecular flexibility index (Phi) is 4.16. The molecule has 0 atom stereocenters. The molecule has 2 N–H and O–H groups in total. The molecule has 0 aliphatic rings. The Morgan fingerprint density at radius 3 is 2.00 bits per heavy atom. The van der Waals surface area contributed by atoms with Gasteiger partial charge >= 0.3 is 16.6 Å². The summed E-state index contributed by atoms with van der Waals surface area (Å²) in [5, 5.41) is 0. The molecule has 0 aromatic heterocycles. The highest BCUT2D eigenvalue weighted by atomic mass is 27.1. The zero-order chi connectivity index (χ0) is 5.82. The van der Waals surface area contributed by atoms with E-state index in [-0.39, 0.29) is 5.48 Å². The molecule has 1 aromatic rings. The van der Waals surface area contributed by atoms with Crippen LogP contribution < -0.4 is 3.79 Å². The van der Waals surface area contributed by atoms with Crippen molar-refractivity contribution in [2.75, 3.05) is 0 Å². The van der Waals surface area contributed by atoms with Crippen LogP contribution >= 0.6 is 0 Å². The first-order valence-electron chi connectivity index (χ1n) is 2.35. The van der Waals surface area contributed by atoms with E-state index in [4.69, 9.17) is 3.79 Å². The quantitative estimate of drug-likeness (QED) is 0.515. The molecule has 0 spiro atoms. The fourth-order valence-corrected chi connectivity index (χ4v) is 0.656. The van der Waals surface area contributed by atoms with Gasteiger partial charge in [0.25, 0.3) is 0 Å². The molecule has 46 valence electrons. The van der Waals surface area contributed by atoms with Crippen LogP contribution in [0.3, 0.4) is 0 Å². The number of para-hydroxylation sites is 1. The minimum atomic E-state index is 0. The van der Waals surface area contributed by atoms with Crippen LogP contribution in [0.2, 0.25) is 0 Å². The predicted molar refractivity (Wildman–Crippen MR) is 36.4 cm³/mol. The summed E-state index contributed by atoms with van der Waals surface area (Å²) >= 11 is 2.19. The van der Waals surface area contributed by atoms with Crippen LogP contribution in [0, 0.1) is 0 Å². The summed E-state index contributed by atoms with van der Waals surface area (Å²) in [6.45, 7) is 0. The fraction of sp³-hybridized carbons (Fsp3) is 0. The van der Waals surface area contributed by atoms with Crippen LogP contribution in [0.1, 0.15) is 0 Å². The average molecular weight is 138 g/mol. The number of hydrogen-bond donors (Lipinski definition) is 0. The summed E-state index contributed by atoms with van der Waals surface area (Å²) in [6.07, 6.45) is 0. The molecular weight excluding hydrogens is 131 g/mol. The molecule has 1 rings (SSSR count). The molecule has 2 radical (unpaired) electrons. The van der Waals surface area contributed by atoms with E-state index < -0.39 is 0 Å². The molecule has 0 amide bonds. The van der Waals surface area contributed by atoms with Gasteiger partial charge < -0.3 is 9.26 Å². The van der Waals surface area contributed by atoms with Crippen LogP contribution in [0.5, 0.6) is 5.75 Å². The summed E-state index contributed by atoms with van der Waals surface area (Å²) in [6, 6.07) is 9.60. The van der Waals surface area contributed by atoms with Crippen molar-refractivity contribution in [2.45, 2.75) is 0 Å². The molecule has 0 aliphatic heterocycles. The van der Waals surface area contributed by atoms with Gasteiger partial charge in [-0.15, -0.1) is 0 Å². The summed E-state index contributed by atoms with van der Waals surface area (Å²) < 4.78 is 4.83. The molecule has 0 bridgehead atoms. The number of rotatable bonds is 1. The lowest BCUT2D eigenvalue weighted by molar-refractivity contribution is 0.616. The molecule has 0 unspecified atom stereocenters. The van der Waals surface area contributed by atoms with E-state index >= 15 is 0 Å². The third kappa shape index (κ3) is 2.52. The Morgan fingerprint density at radius 1 is 1.11 bits per heavy atom. The second-order valence-electron chi connectivity index (χ2n) is 1.43. The first-order chi connectivity index (χ1) is 3.93. The van der Waals surface area contributed by atoms with E-state index in [0.29, 0.717) is 0 Å². The van der Waals surface area contributed by atoms with E-state index in [2.05, 4.69) is 16.6 Å². The highest BCUT2D eigenvalue weighted by Crippen LogP contribution is 2.05. The maximum absolute atomic E-state index is 4.83. The minimum absolute atomic E-state index is 0. The largest absolute Gasteiger partial charge is 0.654 e. The van der Waals surface area contributed by atoms with Gasteiger partial charge in [-0.05, 0) is 12.1 Å². The Bertz CT molecular complexity index is 152. The van der Waals surface area contributed by atoms with Gasteiger partial charge in [0.15, 0.2) is 0 Å². The van der Waals surface area contributed by atoms with Crippen LogP contribution in [-0.4, -0.2) is 22.1 Å².